The van der Waals surface area contributed by atoms with Gasteiger partial charge in [0, 0.05) is 39.5 Å². The number of aryl methyl sites for hydroxylation is 6. The predicted molar refractivity (Wildman–Crippen MR) is 279 cm³/mol. The van der Waals surface area contributed by atoms with Crippen molar-refractivity contribution in [3.8, 4) is 22.3 Å². The molecule has 2 nitrogen and oxygen atoms in total. The summed E-state index contributed by atoms with van der Waals surface area (Å²) in [6, 6.07) is 73.7. The molecule has 0 aromatic heterocycles. The molecule has 0 radical (unpaired) electrons. The highest BCUT2D eigenvalue weighted by Crippen LogP contribution is 2.63. The first kappa shape index (κ1) is 41.3. The Labute approximate surface area is 391 Å². The normalized spacial score (nSPS) is 13.7. The molecular weight excluding hydrogens is 797 g/mol. The Hall–Kier alpha value is -7.42. The van der Waals surface area contributed by atoms with Crippen molar-refractivity contribution in [1.82, 2.24) is 0 Å². The first-order chi connectivity index (χ1) is 31.9. The van der Waals surface area contributed by atoms with Gasteiger partial charge in [-0.3, -0.25) is 0 Å². The second kappa shape index (κ2) is 15.6. The molecule has 9 aromatic rings. The van der Waals surface area contributed by atoms with Crippen LogP contribution in [0.1, 0.15) is 80.6 Å². The molecule has 2 heteroatoms. The van der Waals surface area contributed by atoms with E-state index in [2.05, 4.69) is 259 Å². The van der Waals surface area contributed by atoms with E-state index < -0.39 is 5.41 Å². The fourth-order valence-corrected chi connectivity index (χ4v) is 11.1. The van der Waals surface area contributed by atoms with Crippen LogP contribution in [0, 0.1) is 41.5 Å². The maximum atomic E-state index is 2.47. The maximum Gasteiger partial charge on any atom is 0.0716 e. The van der Waals surface area contributed by atoms with Crippen LogP contribution in [-0.4, -0.2) is 0 Å². The van der Waals surface area contributed by atoms with Crippen molar-refractivity contribution in [2.24, 2.45) is 0 Å². The highest BCUT2D eigenvalue weighted by atomic mass is 15.1. The molecule has 9 aromatic carbocycles. The molecule has 11 rings (SSSR count). The van der Waals surface area contributed by atoms with Crippen LogP contribution >= 0.6 is 0 Å². The third-order valence-corrected chi connectivity index (χ3v) is 14.5. The first-order valence-corrected chi connectivity index (χ1v) is 23.4. The van der Waals surface area contributed by atoms with Crippen molar-refractivity contribution >= 4 is 34.1 Å². The molecule has 0 fully saturated rings. The lowest BCUT2D eigenvalue weighted by molar-refractivity contribution is 0.633. The van der Waals surface area contributed by atoms with Crippen molar-refractivity contribution < 1.29 is 0 Å². The molecule has 0 unspecified atom stereocenters. The number of benzene rings is 9. The van der Waals surface area contributed by atoms with Gasteiger partial charge in [-0.1, -0.05) is 169 Å². The van der Waals surface area contributed by atoms with E-state index in [-0.39, 0.29) is 5.41 Å². The Balaban J connectivity index is 1.17. The van der Waals surface area contributed by atoms with E-state index in [0.717, 1.165) is 34.1 Å². The monoisotopic (exact) mass is 852 g/mol. The van der Waals surface area contributed by atoms with E-state index in [1.165, 1.54) is 89.0 Å². The van der Waals surface area contributed by atoms with Crippen LogP contribution in [0.2, 0.25) is 0 Å². The Kier molecular flexibility index (Phi) is 9.78. The van der Waals surface area contributed by atoms with E-state index in [0.29, 0.717) is 0 Å². The molecular formula is C64H56N2. The fourth-order valence-electron chi connectivity index (χ4n) is 11.1. The predicted octanol–water partition coefficient (Wildman–Crippen LogP) is 17.1. The molecule has 66 heavy (non-hydrogen) atoms. The van der Waals surface area contributed by atoms with Gasteiger partial charge >= 0.3 is 0 Å². The summed E-state index contributed by atoms with van der Waals surface area (Å²) < 4.78 is 0. The minimum Gasteiger partial charge on any atom is -0.311 e. The van der Waals surface area contributed by atoms with E-state index >= 15 is 0 Å². The molecule has 0 spiro atoms. The van der Waals surface area contributed by atoms with Gasteiger partial charge in [-0.25, -0.2) is 0 Å². The summed E-state index contributed by atoms with van der Waals surface area (Å²) in [5, 5.41) is 0. The van der Waals surface area contributed by atoms with Crippen molar-refractivity contribution in [3.63, 3.8) is 0 Å². The van der Waals surface area contributed by atoms with Gasteiger partial charge in [0.15, 0.2) is 0 Å². The Morgan fingerprint density at radius 3 is 0.909 bits per heavy atom. The molecule has 0 amide bonds. The smallest absolute Gasteiger partial charge is 0.0716 e. The highest BCUT2D eigenvalue weighted by Gasteiger charge is 2.52. The number of hydrogen-bond acceptors (Lipinski definition) is 2. The average Bonchev–Trinajstić information content (AvgIpc) is 3.73. The maximum absolute atomic E-state index is 2.47. The van der Waals surface area contributed by atoms with E-state index in [4.69, 9.17) is 0 Å². The van der Waals surface area contributed by atoms with Gasteiger partial charge in [0.2, 0.25) is 0 Å². The van der Waals surface area contributed by atoms with Gasteiger partial charge in [-0.15, -0.1) is 0 Å². The molecule has 0 N–H and O–H groups in total. The third kappa shape index (κ3) is 6.53. The summed E-state index contributed by atoms with van der Waals surface area (Å²) in [5.41, 5.74) is 26.8. The lowest BCUT2D eigenvalue weighted by Crippen LogP contribution is -2.32. The van der Waals surface area contributed by atoms with Crippen molar-refractivity contribution in [2.75, 3.05) is 9.80 Å². The summed E-state index contributed by atoms with van der Waals surface area (Å²) >= 11 is 0. The fraction of sp³-hybridized carbons (Fsp3) is 0.156. The number of hydrogen-bond donors (Lipinski definition) is 0. The lowest BCUT2D eigenvalue weighted by Gasteiger charge is -2.38. The minimum atomic E-state index is -0.634. The first-order valence-electron chi connectivity index (χ1n) is 23.4. The molecule has 0 heterocycles. The van der Waals surface area contributed by atoms with E-state index in [1.54, 1.807) is 0 Å². The topological polar surface area (TPSA) is 6.48 Å². The average molecular weight is 853 g/mol. The number of nitrogens with zero attached hydrogens (tertiary/aromatic N) is 2. The van der Waals surface area contributed by atoms with Crippen LogP contribution < -0.4 is 9.80 Å². The Morgan fingerprint density at radius 1 is 0.273 bits per heavy atom. The zero-order valence-corrected chi connectivity index (χ0v) is 39.4. The highest BCUT2D eigenvalue weighted by molar-refractivity contribution is 5.95. The van der Waals surface area contributed by atoms with Crippen molar-refractivity contribution in [1.29, 1.82) is 0 Å². The SMILES string of the molecule is Cc1ccc(N(c2ccc(C)cc2)c2ccc(C3(c4ccc(N(c5ccc(C)cc5)c5ccc(C)cc5)cc4)c4cc(C)ccc4-c4ccc5c(c43)C(C)(C)c3cc(C)ccc3-5)cc2)cc1. The molecule has 0 saturated heterocycles. The second-order valence-corrected chi connectivity index (χ2v) is 19.5. The second-order valence-electron chi connectivity index (χ2n) is 19.5. The summed E-state index contributed by atoms with van der Waals surface area (Å²) in [6.45, 7) is 18.0. The molecule has 322 valence electrons. The zero-order chi connectivity index (χ0) is 45.5. The standard InChI is InChI=1S/C64H56N2/c1-41-9-23-49(24-10-41)65(50-25-11-42(2)12-26-50)53-31-19-47(20-32-53)64(48-21-33-54(34-22-48)66(51-27-13-43(3)14-28-51)52-29-15-44(4)16-30-52)60-40-46(6)18-36-56(60)58-38-37-57-55-35-17-45(5)39-59(55)63(7,8)61(57)62(58)64/h9-40H,1-8H3. The third-order valence-electron chi connectivity index (χ3n) is 14.5. The van der Waals surface area contributed by atoms with Gasteiger partial charge in [-0.05, 0) is 170 Å². The van der Waals surface area contributed by atoms with Gasteiger partial charge in [0.05, 0.1) is 5.41 Å². The largest absolute Gasteiger partial charge is 0.311 e. The summed E-state index contributed by atoms with van der Waals surface area (Å²) in [6.07, 6.45) is 0. The summed E-state index contributed by atoms with van der Waals surface area (Å²) in [5.74, 6) is 0. The Morgan fingerprint density at radius 2 is 0.545 bits per heavy atom. The number of fused-ring (bicyclic) bond motifs is 7. The molecule has 2 aliphatic carbocycles. The lowest BCUT2D eigenvalue weighted by atomic mass is 9.63. The number of anilines is 6. The summed E-state index contributed by atoms with van der Waals surface area (Å²) in [7, 11) is 0. The summed E-state index contributed by atoms with van der Waals surface area (Å²) in [4.78, 5) is 4.77. The van der Waals surface area contributed by atoms with E-state index in [9.17, 15) is 0 Å². The number of rotatable bonds is 8. The quantitative estimate of drug-likeness (QED) is 0.150. The van der Waals surface area contributed by atoms with Crippen LogP contribution in [0.15, 0.2) is 194 Å². The van der Waals surface area contributed by atoms with Gasteiger partial charge < -0.3 is 9.80 Å². The van der Waals surface area contributed by atoms with E-state index in [1.807, 2.05) is 0 Å². The van der Waals surface area contributed by atoms with Gasteiger partial charge in [0.25, 0.3) is 0 Å². The molecule has 0 bridgehead atoms. The van der Waals surface area contributed by atoms with Crippen LogP contribution in [0.5, 0.6) is 0 Å². The molecule has 0 saturated carbocycles. The molecule has 2 aliphatic rings. The van der Waals surface area contributed by atoms with Crippen molar-refractivity contribution in [2.45, 2.75) is 66.2 Å². The van der Waals surface area contributed by atoms with Gasteiger partial charge in [-0.2, -0.15) is 0 Å². The van der Waals surface area contributed by atoms with Crippen LogP contribution in [-0.2, 0) is 10.8 Å². The van der Waals surface area contributed by atoms with Gasteiger partial charge in [0.1, 0.15) is 0 Å². The zero-order valence-electron chi connectivity index (χ0n) is 39.4. The Bertz CT molecular complexity index is 3050. The molecule has 0 aliphatic heterocycles. The van der Waals surface area contributed by atoms with Crippen LogP contribution in [0.3, 0.4) is 0 Å². The minimum absolute atomic E-state index is 0.244. The van der Waals surface area contributed by atoms with Crippen LogP contribution in [0.25, 0.3) is 22.3 Å². The molecule has 0 atom stereocenters. The van der Waals surface area contributed by atoms with Crippen molar-refractivity contribution in [3.05, 3.63) is 261 Å². The van der Waals surface area contributed by atoms with Crippen LogP contribution in [0.4, 0.5) is 34.1 Å².